The number of carbonyl (C=O) groups excluding carboxylic acids is 3. The Balaban J connectivity index is 2.10. The maximum atomic E-state index is 12.9. The number of nitrogens with zero attached hydrogens (tertiary/aromatic N) is 1. The number of amides is 3. The number of rotatable bonds is 12. The molecule has 1 aromatic carbocycles. The normalized spacial score (nSPS) is 13.5. The van der Waals surface area contributed by atoms with Crippen LogP contribution < -0.4 is 22.1 Å². The molecular weight excluding hydrogens is 420 g/mol. The Labute approximate surface area is 183 Å². The first-order valence-corrected chi connectivity index (χ1v) is 9.78. The summed E-state index contributed by atoms with van der Waals surface area (Å²) in [5.74, 6) is -3.27. The third-order valence-electron chi connectivity index (χ3n) is 4.64. The van der Waals surface area contributed by atoms with Gasteiger partial charge in [0.2, 0.25) is 17.7 Å². The maximum absolute atomic E-state index is 12.9. The minimum absolute atomic E-state index is 0.00182. The van der Waals surface area contributed by atoms with E-state index in [1.165, 1.54) is 24.7 Å². The smallest absolute Gasteiger partial charge is 0.326 e. The van der Waals surface area contributed by atoms with Crippen molar-refractivity contribution >= 4 is 23.7 Å². The van der Waals surface area contributed by atoms with E-state index in [0.717, 1.165) is 0 Å². The zero-order valence-corrected chi connectivity index (χ0v) is 17.2. The molecule has 0 spiro atoms. The lowest BCUT2D eigenvalue weighted by atomic mass is 10.0. The molecule has 12 nitrogen and oxygen atoms in total. The van der Waals surface area contributed by atoms with E-state index in [0.29, 0.717) is 11.3 Å². The Morgan fingerprint density at radius 3 is 2.25 bits per heavy atom. The Bertz CT molecular complexity index is 931. The molecule has 0 saturated carbocycles. The highest BCUT2D eigenvalue weighted by Crippen LogP contribution is 2.12. The van der Waals surface area contributed by atoms with Crippen LogP contribution in [0.3, 0.4) is 0 Å². The number of phenolic OH excluding ortho intramolecular Hbond substituents is 1. The molecule has 0 unspecified atom stereocenters. The third kappa shape index (κ3) is 7.72. The number of aromatic hydroxyl groups is 1. The molecule has 32 heavy (non-hydrogen) atoms. The molecule has 3 atom stereocenters. The van der Waals surface area contributed by atoms with Crippen LogP contribution in [0.25, 0.3) is 0 Å². The number of nitrogens with two attached hydrogens (primary N) is 2. The van der Waals surface area contributed by atoms with Gasteiger partial charge in [-0.2, -0.15) is 0 Å². The molecule has 0 aliphatic heterocycles. The molecule has 2 aromatic rings. The van der Waals surface area contributed by atoms with Crippen LogP contribution in [0, 0.1) is 0 Å². The summed E-state index contributed by atoms with van der Waals surface area (Å²) in [5.41, 5.74) is 11.9. The molecule has 172 valence electrons. The highest BCUT2D eigenvalue weighted by atomic mass is 16.4. The largest absolute Gasteiger partial charge is 0.508 e. The predicted molar refractivity (Wildman–Crippen MR) is 112 cm³/mol. The number of imidazole rings is 1. The first kappa shape index (κ1) is 24.3. The van der Waals surface area contributed by atoms with E-state index >= 15 is 0 Å². The second-order valence-electron chi connectivity index (χ2n) is 7.22. The average Bonchev–Trinajstić information content (AvgIpc) is 3.25. The number of aromatic nitrogens is 2. The SMILES string of the molecule is NC(=O)CC[C@H](N)C(=O)N[C@@H](Cc1cnc[nH]1)C(=O)N[C@@H](Cc1ccc(O)cc1)C(=O)O. The van der Waals surface area contributed by atoms with Crippen LogP contribution >= 0.6 is 0 Å². The Kier molecular flexibility index (Phi) is 8.72. The fourth-order valence-electron chi connectivity index (χ4n) is 2.87. The van der Waals surface area contributed by atoms with Gasteiger partial charge < -0.3 is 37.3 Å². The maximum Gasteiger partial charge on any atom is 0.326 e. The number of aliphatic carboxylic acids is 1. The van der Waals surface area contributed by atoms with Crippen molar-refractivity contribution in [2.45, 2.75) is 43.8 Å². The van der Waals surface area contributed by atoms with Crippen molar-refractivity contribution in [2.24, 2.45) is 11.5 Å². The zero-order valence-electron chi connectivity index (χ0n) is 17.2. The van der Waals surface area contributed by atoms with E-state index in [9.17, 15) is 29.4 Å². The molecule has 0 saturated heterocycles. The van der Waals surface area contributed by atoms with Gasteiger partial charge in [-0.1, -0.05) is 12.1 Å². The van der Waals surface area contributed by atoms with Gasteiger partial charge in [0.05, 0.1) is 12.4 Å². The van der Waals surface area contributed by atoms with Gasteiger partial charge in [-0.25, -0.2) is 9.78 Å². The number of carboxylic acids is 1. The molecule has 0 bridgehead atoms. The lowest BCUT2D eigenvalue weighted by Gasteiger charge is -2.22. The van der Waals surface area contributed by atoms with Gasteiger partial charge in [0, 0.05) is 31.2 Å². The van der Waals surface area contributed by atoms with Gasteiger partial charge in [-0.3, -0.25) is 14.4 Å². The topological polar surface area (TPSA) is 214 Å². The first-order valence-electron chi connectivity index (χ1n) is 9.78. The van der Waals surface area contributed by atoms with Crippen molar-refractivity contribution in [2.75, 3.05) is 0 Å². The number of nitrogens with one attached hydrogen (secondary N) is 3. The Morgan fingerprint density at radius 1 is 1.03 bits per heavy atom. The summed E-state index contributed by atoms with van der Waals surface area (Å²) in [7, 11) is 0. The minimum Gasteiger partial charge on any atom is -0.508 e. The third-order valence-corrected chi connectivity index (χ3v) is 4.64. The second-order valence-corrected chi connectivity index (χ2v) is 7.22. The number of benzene rings is 1. The van der Waals surface area contributed by atoms with Crippen molar-refractivity contribution in [1.29, 1.82) is 0 Å². The minimum atomic E-state index is -1.28. The van der Waals surface area contributed by atoms with Gasteiger partial charge in [-0.05, 0) is 24.1 Å². The van der Waals surface area contributed by atoms with Crippen molar-refractivity contribution in [1.82, 2.24) is 20.6 Å². The van der Waals surface area contributed by atoms with Crippen molar-refractivity contribution < 1.29 is 29.4 Å². The second kappa shape index (κ2) is 11.5. The monoisotopic (exact) mass is 446 g/mol. The van der Waals surface area contributed by atoms with E-state index < -0.39 is 41.8 Å². The molecule has 12 heteroatoms. The number of primary amides is 1. The van der Waals surface area contributed by atoms with Gasteiger partial charge in [0.1, 0.15) is 17.8 Å². The van der Waals surface area contributed by atoms with E-state index in [1.807, 2.05) is 0 Å². The van der Waals surface area contributed by atoms with Gasteiger partial charge in [-0.15, -0.1) is 0 Å². The lowest BCUT2D eigenvalue weighted by Crippen LogP contribution is -2.55. The molecule has 0 radical (unpaired) electrons. The van der Waals surface area contributed by atoms with Crippen molar-refractivity contribution in [3.63, 3.8) is 0 Å². The Hall–Kier alpha value is -3.93. The average molecular weight is 446 g/mol. The number of phenols is 1. The van der Waals surface area contributed by atoms with Crippen molar-refractivity contribution in [3.05, 3.63) is 48.0 Å². The van der Waals surface area contributed by atoms with E-state index in [1.54, 1.807) is 12.1 Å². The van der Waals surface area contributed by atoms with Crippen LogP contribution in [-0.4, -0.2) is 62.0 Å². The quantitative estimate of drug-likeness (QED) is 0.204. The molecular formula is C20H26N6O6. The van der Waals surface area contributed by atoms with Crippen molar-refractivity contribution in [3.8, 4) is 5.75 Å². The molecule has 2 rings (SSSR count). The van der Waals surface area contributed by atoms with E-state index in [-0.39, 0.29) is 31.4 Å². The van der Waals surface area contributed by atoms with Crippen LogP contribution in [0.1, 0.15) is 24.1 Å². The van der Waals surface area contributed by atoms with Gasteiger partial charge in [0.25, 0.3) is 0 Å². The molecule has 1 heterocycles. The number of carbonyl (C=O) groups is 4. The van der Waals surface area contributed by atoms with Gasteiger partial charge in [0.15, 0.2) is 0 Å². The number of carboxylic acid groups (broad SMARTS) is 1. The van der Waals surface area contributed by atoms with Crippen LogP contribution in [-0.2, 0) is 32.0 Å². The fourth-order valence-corrected chi connectivity index (χ4v) is 2.87. The summed E-state index contributed by atoms with van der Waals surface area (Å²) >= 11 is 0. The van der Waals surface area contributed by atoms with Crippen LogP contribution in [0.5, 0.6) is 5.75 Å². The standard InChI is InChI=1S/C20H26N6O6/c21-14(5-6-17(22)28)18(29)25-15(8-12-9-23-10-24-12)19(30)26-16(20(31)32)7-11-1-3-13(27)4-2-11/h1-4,9-10,14-16,27H,5-8,21H2,(H2,22,28)(H,23,24)(H,25,29)(H,26,30)(H,31,32)/t14-,15-,16-/m0/s1. The van der Waals surface area contributed by atoms with Crippen LogP contribution in [0.4, 0.5) is 0 Å². The summed E-state index contributed by atoms with van der Waals surface area (Å²) in [6, 6.07) is 2.39. The summed E-state index contributed by atoms with van der Waals surface area (Å²) < 4.78 is 0. The predicted octanol–water partition coefficient (Wildman–Crippen LogP) is -1.45. The van der Waals surface area contributed by atoms with Gasteiger partial charge >= 0.3 is 5.97 Å². The molecule has 9 N–H and O–H groups in total. The summed E-state index contributed by atoms with van der Waals surface area (Å²) in [5, 5.41) is 23.8. The van der Waals surface area contributed by atoms with E-state index in [4.69, 9.17) is 11.5 Å². The fraction of sp³-hybridized carbons (Fsp3) is 0.350. The molecule has 1 aromatic heterocycles. The summed E-state index contributed by atoms with van der Waals surface area (Å²) in [4.78, 5) is 54.6. The highest BCUT2D eigenvalue weighted by Gasteiger charge is 2.28. The molecule has 0 fully saturated rings. The zero-order chi connectivity index (χ0) is 23.7. The number of H-pyrrole nitrogens is 1. The summed E-state index contributed by atoms with van der Waals surface area (Å²) in [6.45, 7) is 0. The van der Waals surface area contributed by atoms with Crippen LogP contribution in [0.15, 0.2) is 36.8 Å². The lowest BCUT2D eigenvalue weighted by molar-refractivity contribution is -0.142. The van der Waals surface area contributed by atoms with E-state index in [2.05, 4.69) is 20.6 Å². The Morgan fingerprint density at radius 2 is 1.69 bits per heavy atom. The molecule has 0 aliphatic carbocycles. The van der Waals surface area contributed by atoms with Crippen LogP contribution in [0.2, 0.25) is 0 Å². The highest BCUT2D eigenvalue weighted by molar-refractivity contribution is 5.92. The number of hydrogen-bond donors (Lipinski definition) is 7. The number of aromatic amines is 1. The molecule has 3 amide bonds. The first-order chi connectivity index (χ1) is 15.2. The number of hydrogen-bond acceptors (Lipinski definition) is 7. The summed E-state index contributed by atoms with van der Waals surface area (Å²) in [6.07, 6.45) is 2.73. The molecule has 0 aliphatic rings.